The summed E-state index contributed by atoms with van der Waals surface area (Å²) in [5.74, 6) is 4.45. The average Bonchev–Trinajstić information content (AvgIpc) is 3.21. The number of guanidine groups is 1. The van der Waals surface area contributed by atoms with Gasteiger partial charge in [-0.2, -0.15) is 0 Å². The van der Waals surface area contributed by atoms with Gasteiger partial charge in [0, 0.05) is 37.9 Å². The Hall–Kier alpha value is -1.65. The molecule has 3 heterocycles. The van der Waals surface area contributed by atoms with Crippen molar-refractivity contribution in [2.75, 3.05) is 13.1 Å². The molecule has 0 radical (unpaired) electrons. The van der Waals surface area contributed by atoms with Gasteiger partial charge in [0.1, 0.15) is 24.0 Å². The summed E-state index contributed by atoms with van der Waals surface area (Å²) in [4.78, 5) is 8.94. The van der Waals surface area contributed by atoms with Gasteiger partial charge in [-0.15, -0.1) is 34.2 Å². The standard InChI is InChI=1S/C20H33N7O.HI/c1-5-21-19(24-14-18-23-13-15(28-18)20(2,3)4)22-11-10-17-26-25-16-9-7-6-8-12-27(16)17;/h13H,5-12,14H2,1-4H3,(H2,21,22,24);1H. The predicted molar refractivity (Wildman–Crippen MR) is 125 cm³/mol. The van der Waals surface area contributed by atoms with Crippen molar-refractivity contribution in [2.24, 2.45) is 4.99 Å². The van der Waals surface area contributed by atoms with Crippen LogP contribution in [-0.2, 0) is 31.3 Å². The summed E-state index contributed by atoms with van der Waals surface area (Å²) in [6.45, 7) is 11.4. The van der Waals surface area contributed by atoms with Gasteiger partial charge < -0.3 is 19.6 Å². The molecular formula is C20H34IN7O. The van der Waals surface area contributed by atoms with Crippen molar-refractivity contribution in [3.8, 4) is 0 Å². The zero-order chi connectivity index (χ0) is 20.0. The molecule has 2 N–H and O–H groups in total. The van der Waals surface area contributed by atoms with Crippen molar-refractivity contribution in [1.82, 2.24) is 30.4 Å². The fraction of sp³-hybridized carbons (Fsp3) is 0.700. The second-order valence-corrected chi connectivity index (χ2v) is 8.23. The monoisotopic (exact) mass is 515 g/mol. The average molecular weight is 515 g/mol. The first-order chi connectivity index (χ1) is 13.5. The summed E-state index contributed by atoms with van der Waals surface area (Å²) >= 11 is 0. The second kappa shape index (κ2) is 10.9. The first-order valence-electron chi connectivity index (χ1n) is 10.4. The Labute approximate surface area is 190 Å². The molecule has 0 spiro atoms. The highest BCUT2D eigenvalue weighted by molar-refractivity contribution is 14.0. The summed E-state index contributed by atoms with van der Waals surface area (Å²) in [6.07, 6.45) is 7.35. The van der Waals surface area contributed by atoms with Crippen LogP contribution in [0.4, 0.5) is 0 Å². The highest BCUT2D eigenvalue weighted by atomic mass is 127. The maximum Gasteiger partial charge on any atom is 0.216 e. The molecule has 29 heavy (non-hydrogen) atoms. The minimum Gasteiger partial charge on any atom is -0.443 e. The molecule has 8 nitrogen and oxygen atoms in total. The first-order valence-corrected chi connectivity index (χ1v) is 10.4. The Bertz CT molecular complexity index is 791. The van der Waals surface area contributed by atoms with E-state index in [9.17, 15) is 0 Å². The number of rotatable bonds is 6. The van der Waals surface area contributed by atoms with Crippen LogP contribution in [0.25, 0.3) is 0 Å². The van der Waals surface area contributed by atoms with Crippen LogP contribution in [0.5, 0.6) is 0 Å². The lowest BCUT2D eigenvalue weighted by Crippen LogP contribution is -2.38. The molecule has 0 atom stereocenters. The molecule has 0 saturated heterocycles. The van der Waals surface area contributed by atoms with E-state index in [4.69, 9.17) is 4.42 Å². The minimum atomic E-state index is -0.0476. The number of hydrogen-bond acceptors (Lipinski definition) is 5. The molecule has 0 amide bonds. The molecule has 0 aliphatic carbocycles. The summed E-state index contributed by atoms with van der Waals surface area (Å²) in [5, 5.41) is 15.4. The molecule has 2 aromatic rings. The number of hydrogen-bond donors (Lipinski definition) is 2. The molecule has 0 unspecified atom stereocenters. The maximum atomic E-state index is 5.82. The van der Waals surface area contributed by atoms with E-state index in [1.165, 1.54) is 19.3 Å². The summed E-state index contributed by atoms with van der Waals surface area (Å²) < 4.78 is 8.11. The lowest BCUT2D eigenvalue weighted by atomic mass is 9.94. The Morgan fingerprint density at radius 2 is 2.03 bits per heavy atom. The van der Waals surface area contributed by atoms with E-state index < -0.39 is 0 Å². The fourth-order valence-corrected chi connectivity index (χ4v) is 3.24. The molecule has 9 heteroatoms. The second-order valence-electron chi connectivity index (χ2n) is 8.23. The van der Waals surface area contributed by atoms with Gasteiger partial charge in [-0.05, 0) is 19.8 Å². The van der Waals surface area contributed by atoms with Gasteiger partial charge in [-0.1, -0.05) is 27.2 Å². The van der Waals surface area contributed by atoms with Gasteiger partial charge in [0.15, 0.2) is 5.96 Å². The van der Waals surface area contributed by atoms with Gasteiger partial charge in [0.25, 0.3) is 0 Å². The number of fused-ring (bicyclic) bond motifs is 1. The number of oxazole rings is 1. The third kappa shape index (κ3) is 6.68. The molecule has 2 aromatic heterocycles. The van der Waals surface area contributed by atoms with Gasteiger partial charge in [0.2, 0.25) is 5.89 Å². The van der Waals surface area contributed by atoms with Gasteiger partial charge in [-0.25, -0.2) is 9.98 Å². The van der Waals surface area contributed by atoms with Crippen LogP contribution in [0, 0.1) is 0 Å². The zero-order valence-corrected chi connectivity index (χ0v) is 20.3. The van der Waals surface area contributed by atoms with Gasteiger partial charge in [0.05, 0.1) is 6.20 Å². The topological polar surface area (TPSA) is 93.2 Å². The van der Waals surface area contributed by atoms with Crippen LogP contribution >= 0.6 is 24.0 Å². The van der Waals surface area contributed by atoms with E-state index in [0.29, 0.717) is 12.4 Å². The summed E-state index contributed by atoms with van der Waals surface area (Å²) in [5.41, 5.74) is -0.0476. The van der Waals surface area contributed by atoms with Crippen molar-refractivity contribution < 1.29 is 4.42 Å². The molecule has 0 bridgehead atoms. The predicted octanol–water partition coefficient (Wildman–Crippen LogP) is 3.21. The van der Waals surface area contributed by atoms with Gasteiger partial charge in [-0.3, -0.25) is 0 Å². The van der Waals surface area contributed by atoms with E-state index in [-0.39, 0.29) is 29.4 Å². The quantitative estimate of drug-likeness (QED) is 0.349. The largest absolute Gasteiger partial charge is 0.443 e. The number of halogens is 1. The molecule has 3 rings (SSSR count). The highest BCUT2D eigenvalue weighted by Crippen LogP contribution is 2.22. The molecule has 1 aliphatic rings. The molecule has 0 fully saturated rings. The Morgan fingerprint density at radius 3 is 2.76 bits per heavy atom. The van der Waals surface area contributed by atoms with Crippen molar-refractivity contribution in [3.05, 3.63) is 29.5 Å². The molecular weight excluding hydrogens is 481 g/mol. The maximum absolute atomic E-state index is 5.82. The number of nitrogens with zero attached hydrogens (tertiary/aromatic N) is 5. The first kappa shape index (κ1) is 23.6. The molecule has 1 aliphatic heterocycles. The Balaban J connectivity index is 0.00000300. The summed E-state index contributed by atoms with van der Waals surface area (Å²) in [6, 6.07) is 0. The van der Waals surface area contributed by atoms with Crippen LogP contribution in [-0.4, -0.2) is 38.8 Å². The number of nitrogens with one attached hydrogen (secondary N) is 2. The molecule has 0 saturated carbocycles. The van der Waals surface area contributed by atoms with Crippen molar-refractivity contribution in [2.45, 2.75) is 78.3 Å². The van der Waals surface area contributed by atoms with Crippen LogP contribution in [0.2, 0.25) is 0 Å². The minimum absolute atomic E-state index is 0. The SMILES string of the molecule is CCNC(=NCc1ncc(C(C)(C)C)o1)NCCc1nnc2n1CCCCC2.I. The van der Waals surface area contributed by atoms with Gasteiger partial charge >= 0.3 is 0 Å². The lowest BCUT2D eigenvalue weighted by molar-refractivity contribution is 0.383. The third-order valence-corrected chi connectivity index (χ3v) is 4.84. The number of aromatic nitrogens is 4. The van der Waals surface area contributed by atoms with E-state index in [2.05, 4.69) is 63.1 Å². The van der Waals surface area contributed by atoms with E-state index in [1.54, 1.807) is 6.20 Å². The van der Waals surface area contributed by atoms with E-state index in [0.717, 1.165) is 55.8 Å². The zero-order valence-electron chi connectivity index (χ0n) is 18.0. The van der Waals surface area contributed by atoms with Crippen LogP contribution in [0.3, 0.4) is 0 Å². The summed E-state index contributed by atoms with van der Waals surface area (Å²) in [7, 11) is 0. The lowest BCUT2D eigenvalue weighted by Gasteiger charge is -2.13. The van der Waals surface area contributed by atoms with Crippen molar-refractivity contribution >= 4 is 29.9 Å². The molecule has 0 aromatic carbocycles. The van der Waals surface area contributed by atoms with Crippen LogP contribution < -0.4 is 10.6 Å². The van der Waals surface area contributed by atoms with Crippen molar-refractivity contribution in [1.29, 1.82) is 0 Å². The Kier molecular flexibility index (Phi) is 8.91. The highest BCUT2D eigenvalue weighted by Gasteiger charge is 2.19. The van der Waals surface area contributed by atoms with Crippen LogP contribution in [0.15, 0.2) is 15.6 Å². The van der Waals surface area contributed by atoms with E-state index in [1.807, 2.05) is 0 Å². The number of aliphatic imine (C=N–C) groups is 1. The Morgan fingerprint density at radius 1 is 1.21 bits per heavy atom. The van der Waals surface area contributed by atoms with E-state index >= 15 is 0 Å². The number of aryl methyl sites for hydroxylation is 1. The fourth-order valence-electron chi connectivity index (χ4n) is 3.24. The smallest absolute Gasteiger partial charge is 0.216 e. The van der Waals surface area contributed by atoms with Crippen LogP contribution in [0.1, 0.15) is 70.3 Å². The normalized spacial score (nSPS) is 14.7. The molecule has 162 valence electrons. The third-order valence-electron chi connectivity index (χ3n) is 4.84. The van der Waals surface area contributed by atoms with Crippen molar-refractivity contribution in [3.63, 3.8) is 0 Å².